The van der Waals surface area contributed by atoms with Crippen LogP contribution in [-0.4, -0.2) is 18.0 Å². The van der Waals surface area contributed by atoms with Gasteiger partial charge >= 0.3 is 0 Å². The number of carbonyl (C=O) groups excluding carboxylic acids is 1. The second-order valence-corrected chi connectivity index (χ2v) is 6.03. The Labute approximate surface area is 148 Å². The van der Waals surface area contributed by atoms with Gasteiger partial charge in [0, 0.05) is 28.9 Å². The van der Waals surface area contributed by atoms with Crippen molar-refractivity contribution in [3.05, 3.63) is 71.5 Å². The number of methoxy groups -OCH3 is 1. The number of amides is 1. The molecule has 126 valence electrons. The molecule has 0 saturated heterocycles. The first-order valence-electron chi connectivity index (χ1n) is 7.48. The number of nitrogens with one attached hydrogen (secondary N) is 1. The Bertz CT molecular complexity index is 890. The quantitative estimate of drug-likeness (QED) is 0.681. The SMILES string of the molecule is COc1ccc(/C=C/C(=O)Nc2ccc(-c3nccs3)cc2)cc1F. The third-order valence-electron chi connectivity index (χ3n) is 3.43. The lowest BCUT2D eigenvalue weighted by Gasteiger charge is -2.04. The maximum Gasteiger partial charge on any atom is 0.248 e. The van der Waals surface area contributed by atoms with Crippen molar-refractivity contribution in [3.63, 3.8) is 0 Å². The van der Waals surface area contributed by atoms with Crippen LogP contribution in [0.25, 0.3) is 16.6 Å². The summed E-state index contributed by atoms with van der Waals surface area (Å²) in [4.78, 5) is 16.2. The molecule has 3 rings (SSSR count). The van der Waals surface area contributed by atoms with Gasteiger partial charge in [0.15, 0.2) is 11.6 Å². The minimum atomic E-state index is -0.470. The van der Waals surface area contributed by atoms with Gasteiger partial charge in [0.1, 0.15) is 5.01 Å². The lowest BCUT2D eigenvalue weighted by atomic mass is 10.2. The molecule has 1 N–H and O–H groups in total. The summed E-state index contributed by atoms with van der Waals surface area (Å²) in [6.07, 6.45) is 4.65. The van der Waals surface area contributed by atoms with Crippen molar-refractivity contribution in [1.29, 1.82) is 0 Å². The molecule has 3 aromatic rings. The molecule has 0 radical (unpaired) electrons. The molecule has 1 heterocycles. The average molecular weight is 354 g/mol. The maximum atomic E-state index is 13.6. The van der Waals surface area contributed by atoms with Crippen LogP contribution in [0.4, 0.5) is 10.1 Å². The van der Waals surface area contributed by atoms with Crippen LogP contribution < -0.4 is 10.1 Å². The van der Waals surface area contributed by atoms with E-state index in [1.807, 2.05) is 29.6 Å². The van der Waals surface area contributed by atoms with E-state index in [0.717, 1.165) is 10.6 Å². The molecule has 1 amide bonds. The summed E-state index contributed by atoms with van der Waals surface area (Å²) >= 11 is 1.56. The van der Waals surface area contributed by atoms with Crippen molar-refractivity contribution < 1.29 is 13.9 Å². The Morgan fingerprint density at radius 1 is 1.24 bits per heavy atom. The molecule has 0 unspecified atom stereocenters. The van der Waals surface area contributed by atoms with Crippen LogP contribution in [0.15, 0.2) is 60.1 Å². The van der Waals surface area contributed by atoms with Crippen LogP contribution in [-0.2, 0) is 4.79 Å². The molecule has 2 aromatic carbocycles. The van der Waals surface area contributed by atoms with Gasteiger partial charge in [-0.15, -0.1) is 11.3 Å². The molecule has 0 atom stereocenters. The summed E-state index contributed by atoms with van der Waals surface area (Å²) in [6.45, 7) is 0. The number of thiazole rings is 1. The predicted octanol–water partition coefficient (Wildman–Crippen LogP) is 4.61. The number of ether oxygens (including phenoxy) is 1. The van der Waals surface area contributed by atoms with E-state index in [4.69, 9.17) is 4.74 Å². The van der Waals surface area contributed by atoms with Gasteiger partial charge < -0.3 is 10.1 Å². The summed E-state index contributed by atoms with van der Waals surface area (Å²) in [5.74, 6) is -0.594. The zero-order valence-electron chi connectivity index (χ0n) is 13.4. The molecule has 0 aliphatic carbocycles. The van der Waals surface area contributed by atoms with Crippen molar-refractivity contribution in [3.8, 4) is 16.3 Å². The molecule has 0 fully saturated rings. The third kappa shape index (κ3) is 4.30. The fourth-order valence-corrected chi connectivity index (χ4v) is 2.85. The van der Waals surface area contributed by atoms with Crippen molar-refractivity contribution in [2.75, 3.05) is 12.4 Å². The summed E-state index contributed by atoms with van der Waals surface area (Å²) in [7, 11) is 1.40. The van der Waals surface area contributed by atoms with Crippen LogP contribution >= 0.6 is 11.3 Å². The van der Waals surface area contributed by atoms with Crippen molar-refractivity contribution in [2.45, 2.75) is 0 Å². The first-order valence-corrected chi connectivity index (χ1v) is 8.36. The fraction of sp³-hybridized carbons (Fsp3) is 0.0526. The minimum Gasteiger partial charge on any atom is -0.494 e. The van der Waals surface area contributed by atoms with E-state index >= 15 is 0 Å². The zero-order chi connectivity index (χ0) is 17.6. The van der Waals surface area contributed by atoms with E-state index in [-0.39, 0.29) is 11.7 Å². The number of anilines is 1. The Kier molecular flexibility index (Phi) is 5.20. The summed E-state index contributed by atoms with van der Waals surface area (Å²) < 4.78 is 18.5. The fourth-order valence-electron chi connectivity index (χ4n) is 2.20. The van der Waals surface area contributed by atoms with E-state index in [2.05, 4.69) is 10.3 Å². The molecule has 0 aliphatic rings. The van der Waals surface area contributed by atoms with Gasteiger partial charge in [-0.3, -0.25) is 4.79 Å². The van der Waals surface area contributed by atoms with Crippen LogP contribution in [0.2, 0.25) is 0 Å². The molecule has 0 saturated carbocycles. The van der Waals surface area contributed by atoms with E-state index in [0.29, 0.717) is 11.3 Å². The summed E-state index contributed by atoms with van der Waals surface area (Å²) in [6, 6.07) is 11.9. The third-order valence-corrected chi connectivity index (χ3v) is 4.26. The van der Waals surface area contributed by atoms with Crippen molar-refractivity contribution >= 4 is 29.0 Å². The highest BCUT2D eigenvalue weighted by Crippen LogP contribution is 2.23. The van der Waals surface area contributed by atoms with E-state index in [1.165, 1.54) is 25.3 Å². The van der Waals surface area contributed by atoms with Gasteiger partial charge in [0.2, 0.25) is 5.91 Å². The number of benzene rings is 2. The molecule has 4 nitrogen and oxygen atoms in total. The Balaban J connectivity index is 1.63. The lowest BCUT2D eigenvalue weighted by molar-refractivity contribution is -0.111. The number of aromatic nitrogens is 1. The summed E-state index contributed by atoms with van der Waals surface area (Å²) in [5, 5.41) is 5.61. The Morgan fingerprint density at radius 3 is 2.68 bits per heavy atom. The van der Waals surface area contributed by atoms with Crippen LogP contribution in [0.1, 0.15) is 5.56 Å². The number of nitrogens with zero attached hydrogens (tertiary/aromatic N) is 1. The number of rotatable bonds is 5. The van der Waals surface area contributed by atoms with Gasteiger partial charge in [-0.05, 0) is 48.0 Å². The second kappa shape index (κ2) is 7.72. The Hall–Kier alpha value is -2.99. The van der Waals surface area contributed by atoms with Gasteiger partial charge in [-0.2, -0.15) is 0 Å². The highest BCUT2D eigenvalue weighted by molar-refractivity contribution is 7.13. The lowest BCUT2D eigenvalue weighted by Crippen LogP contribution is -2.07. The molecule has 0 aliphatic heterocycles. The molecule has 25 heavy (non-hydrogen) atoms. The van der Waals surface area contributed by atoms with Gasteiger partial charge in [-0.1, -0.05) is 6.07 Å². The first kappa shape index (κ1) is 16.9. The smallest absolute Gasteiger partial charge is 0.248 e. The van der Waals surface area contributed by atoms with Crippen LogP contribution in [0, 0.1) is 5.82 Å². The number of hydrogen-bond acceptors (Lipinski definition) is 4. The van der Waals surface area contributed by atoms with Crippen LogP contribution in [0.5, 0.6) is 5.75 Å². The standard InChI is InChI=1S/C19H15FN2O2S/c1-24-17-8-2-13(12-16(17)20)3-9-18(23)22-15-6-4-14(5-7-15)19-21-10-11-25-19/h2-12H,1H3,(H,22,23)/b9-3+. The number of halogens is 1. The largest absolute Gasteiger partial charge is 0.494 e. The molecule has 6 heteroatoms. The van der Waals surface area contributed by atoms with Crippen LogP contribution in [0.3, 0.4) is 0 Å². The molecule has 0 bridgehead atoms. The van der Waals surface area contributed by atoms with Gasteiger partial charge in [-0.25, -0.2) is 9.37 Å². The normalized spacial score (nSPS) is 10.8. The summed E-state index contributed by atoms with van der Waals surface area (Å²) in [5.41, 5.74) is 2.25. The number of carbonyl (C=O) groups is 1. The van der Waals surface area contributed by atoms with Crippen molar-refractivity contribution in [1.82, 2.24) is 4.98 Å². The van der Waals surface area contributed by atoms with E-state index in [9.17, 15) is 9.18 Å². The monoisotopic (exact) mass is 354 g/mol. The number of hydrogen-bond donors (Lipinski definition) is 1. The van der Waals surface area contributed by atoms with E-state index < -0.39 is 5.82 Å². The Morgan fingerprint density at radius 2 is 2.04 bits per heavy atom. The zero-order valence-corrected chi connectivity index (χ0v) is 14.2. The van der Waals surface area contributed by atoms with Gasteiger partial charge in [0.25, 0.3) is 0 Å². The molecular formula is C19H15FN2O2S. The highest BCUT2D eigenvalue weighted by atomic mass is 32.1. The van der Waals surface area contributed by atoms with E-state index in [1.54, 1.807) is 29.7 Å². The predicted molar refractivity (Wildman–Crippen MR) is 98.2 cm³/mol. The van der Waals surface area contributed by atoms with Crippen molar-refractivity contribution in [2.24, 2.45) is 0 Å². The molecular weight excluding hydrogens is 339 g/mol. The molecule has 0 spiro atoms. The van der Waals surface area contributed by atoms with Gasteiger partial charge in [0.05, 0.1) is 7.11 Å². The minimum absolute atomic E-state index is 0.168. The molecule has 1 aromatic heterocycles. The maximum absolute atomic E-state index is 13.6. The second-order valence-electron chi connectivity index (χ2n) is 5.13. The average Bonchev–Trinajstić information content (AvgIpc) is 3.15. The topological polar surface area (TPSA) is 51.2 Å². The first-order chi connectivity index (χ1) is 12.2. The highest BCUT2D eigenvalue weighted by Gasteiger charge is 2.04.